The molecule has 0 atom stereocenters. The fraction of sp³-hybridized carbons (Fsp3) is 0.118. The van der Waals surface area contributed by atoms with Gasteiger partial charge in [0.2, 0.25) is 0 Å². The summed E-state index contributed by atoms with van der Waals surface area (Å²) in [6.45, 7) is 0.226. The smallest absolute Gasteiger partial charge is 0.253 e. The normalized spacial score (nSPS) is 9.59. The van der Waals surface area contributed by atoms with Crippen molar-refractivity contribution in [2.75, 3.05) is 13.7 Å². The minimum atomic E-state index is -0.286. The van der Waals surface area contributed by atoms with Crippen LogP contribution in [0.5, 0.6) is 5.75 Å². The van der Waals surface area contributed by atoms with E-state index in [1.807, 2.05) is 24.3 Å². The number of ether oxygens (including phenoxy) is 1. The summed E-state index contributed by atoms with van der Waals surface area (Å²) in [5, 5.41) is 3.49. The summed E-state index contributed by atoms with van der Waals surface area (Å²) in [5.74, 6) is 6.32. The molecule has 0 saturated carbocycles. The third-order valence-electron chi connectivity index (χ3n) is 2.84. The van der Waals surface area contributed by atoms with Crippen LogP contribution in [0, 0.1) is 11.8 Å². The minimum absolute atomic E-state index is 0.226. The van der Waals surface area contributed by atoms with Crippen molar-refractivity contribution in [3.05, 3.63) is 63.6 Å². The zero-order valence-electron chi connectivity index (χ0n) is 11.8. The topological polar surface area (TPSA) is 38.3 Å². The van der Waals surface area contributed by atoms with Gasteiger partial charge in [0.25, 0.3) is 5.91 Å². The Kier molecular flexibility index (Phi) is 5.71. The van der Waals surface area contributed by atoms with Gasteiger partial charge >= 0.3 is 0 Å². The van der Waals surface area contributed by atoms with Crippen molar-refractivity contribution in [2.45, 2.75) is 0 Å². The highest BCUT2D eigenvalue weighted by atomic mass is 35.5. The molecule has 0 bridgehead atoms. The van der Waals surface area contributed by atoms with E-state index in [2.05, 4.69) is 17.2 Å². The molecule has 0 aliphatic heterocycles. The van der Waals surface area contributed by atoms with Gasteiger partial charge in [-0.1, -0.05) is 35.0 Å². The quantitative estimate of drug-likeness (QED) is 0.868. The van der Waals surface area contributed by atoms with Crippen molar-refractivity contribution < 1.29 is 9.53 Å². The molecule has 2 rings (SSSR count). The molecule has 0 spiro atoms. The molecule has 1 amide bonds. The summed E-state index contributed by atoms with van der Waals surface area (Å²) in [6.07, 6.45) is 0. The number of amides is 1. The summed E-state index contributed by atoms with van der Waals surface area (Å²) in [4.78, 5) is 11.9. The van der Waals surface area contributed by atoms with Crippen molar-refractivity contribution in [1.29, 1.82) is 0 Å². The molecule has 112 valence electrons. The average molecular weight is 334 g/mol. The molecule has 22 heavy (non-hydrogen) atoms. The zero-order valence-corrected chi connectivity index (χ0v) is 13.3. The maximum Gasteiger partial charge on any atom is 0.253 e. The molecule has 0 radical (unpaired) electrons. The summed E-state index contributed by atoms with van der Waals surface area (Å²) in [7, 11) is 1.61. The Hall–Kier alpha value is -2.15. The molecule has 5 heteroatoms. The fourth-order valence-electron chi connectivity index (χ4n) is 1.71. The van der Waals surface area contributed by atoms with E-state index in [-0.39, 0.29) is 12.5 Å². The van der Waals surface area contributed by atoms with Crippen LogP contribution >= 0.6 is 23.2 Å². The van der Waals surface area contributed by atoms with Gasteiger partial charge in [-0.2, -0.15) is 0 Å². The number of carbonyl (C=O) groups excluding carboxylic acids is 1. The highest BCUT2D eigenvalue weighted by Gasteiger charge is 2.09. The van der Waals surface area contributed by atoms with Crippen molar-refractivity contribution >= 4 is 29.1 Å². The molecule has 2 aromatic carbocycles. The van der Waals surface area contributed by atoms with Crippen LogP contribution < -0.4 is 10.1 Å². The maximum absolute atomic E-state index is 11.9. The summed E-state index contributed by atoms with van der Waals surface area (Å²) in [6, 6.07) is 12.1. The zero-order chi connectivity index (χ0) is 15.9. The SMILES string of the molecule is COc1ccc(C#CCNC(=O)c2ccc(Cl)cc2Cl)cc1. The lowest BCUT2D eigenvalue weighted by atomic mass is 10.2. The van der Waals surface area contributed by atoms with E-state index in [0.717, 1.165) is 11.3 Å². The predicted octanol–water partition coefficient (Wildman–Crippen LogP) is 3.78. The second-order valence-corrected chi connectivity index (χ2v) is 5.18. The van der Waals surface area contributed by atoms with Crippen molar-refractivity contribution in [1.82, 2.24) is 5.32 Å². The third-order valence-corrected chi connectivity index (χ3v) is 3.38. The third kappa shape index (κ3) is 4.42. The first-order valence-electron chi connectivity index (χ1n) is 6.46. The lowest BCUT2D eigenvalue weighted by Crippen LogP contribution is -2.23. The van der Waals surface area contributed by atoms with Gasteiger partial charge in [0, 0.05) is 10.6 Å². The van der Waals surface area contributed by atoms with E-state index in [1.165, 1.54) is 6.07 Å². The van der Waals surface area contributed by atoms with Gasteiger partial charge in [0.1, 0.15) is 5.75 Å². The number of nitrogens with one attached hydrogen (secondary N) is 1. The van der Waals surface area contributed by atoms with Crippen LogP contribution in [0.3, 0.4) is 0 Å². The minimum Gasteiger partial charge on any atom is -0.497 e. The number of benzene rings is 2. The van der Waals surface area contributed by atoms with E-state index in [4.69, 9.17) is 27.9 Å². The molecule has 0 aliphatic carbocycles. The lowest BCUT2D eigenvalue weighted by molar-refractivity contribution is 0.0959. The van der Waals surface area contributed by atoms with E-state index in [9.17, 15) is 4.79 Å². The second-order valence-electron chi connectivity index (χ2n) is 4.34. The van der Waals surface area contributed by atoms with E-state index in [1.54, 1.807) is 19.2 Å². The first-order valence-corrected chi connectivity index (χ1v) is 7.22. The summed E-state index contributed by atoms with van der Waals surface area (Å²) in [5.41, 5.74) is 1.22. The van der Waals surface area contributed by atoms with E-state index < -0.39 is 0 Å². The van der Waals surface area contributed by atoms with E-state index >= 15 is 0 Å². The van der Waals surface area contributed by atoms with Crippen LogP contribution in [0.2, 0.25) is 10.0 Å². The van der Waals surface area contributed by atoms with Crippen LogP contribution in [0.15, 0.2) is 42.5 Å². The molecular formula is C17H13Cl2NO2. The van der Waals surface area contributed by atoms with Gasteiger partial charge < -0.3 is 10.1 Å². The van der Waals surface area contributed by atoms with E-state index in [0.29, 0.717) is 15.6 Å². The first-order chi connectivity index (χ1) is 10.6. The molecule has 1 N–H and O–H groups in total. The Morgan fingerprint density at radius 1 is 1.18 bits per heavy atom. The van der Waals surface area contributed by atoms with Gasteiger partial charge in [-0.15, -0.1) is 0 Å². The number of rotatable bonds is 3. The monoisotopic (exact) mass is 333 g/mol. The standard InChI is InChI=1S/C17H13Cl2NO2/c1-22-14-7-4-12(5-8-14)3-2-10-20-17(21)15-9-6-13(18)11-16(15)19/h4-9,11H,10H2,1H3,(H,20,21). The highest BCUT2D eigenvalue weighted by molar-refractivity contribution is 6.36. The summed E-state index contributed by atoms with van der Waals surface area (Å²) < 4.78 is 5.07. The molecule has 0 unspecified atom stereocenters. The fourth-order valence-corrected chi connectivity index (χ4v) is 2.21. The van der Waals surface area contributed by atoms with Gasteiger partial charge in [0.05, 0.1) is 24.2 Å². The molecular weight excluding hydrogens is 321 g/mol. The molecule has 0 fully saturated rings. The molecule has 0 heterocycles. The average Bonchev–Trinajstić information content (AvgIpc) is 2.52. The van der Waals surface area contributed by atoms with Crippen LogP contribution in [-0.4, -0.2) is 19.6 Å². The number of halogens is 2. The lowest BCUT2D eigenvalue weighted by Gasteiger charge is -2.04. The molecule has 0 aliphatic rings. The Balaban J connectivity index is 1.93. The van der Waals surface area contributed by atoms with Gasteiger partial charge in [-0.3, -0.25) is 4.79 Å². The van der Waals surface area contributed by atoms with Crippen LogP contribution in [-0.2, 0) is 0 Å². The number of hydrogen-bond acceptors (Lipinski definition) is 2. The Labute approximate surface area is 139 Å². The van der Waals surface area contributed by atoms with Crippen molar-refractivity contribution in [2.24, 2.45) is 0 Å². The molecule has 2 aromatic rings. The number of methoxy groups -OCH3 is 1. The maximum atomic E-state index is 11.9. The predicted molar refractivity (Wildman–Crippen MR) is 88.7 cm³/mol. The van der Waals surface area contributed by atoms with Gasteiger partial charge in [-0.25, -0.2) is 0 Å². The highest BCUT2D eigenvalue weighted by Crippen LogP contribution is 2.20. The molecule has 0 saturated heterocycles. The van der Waals surface area contributed by atoms with Crippen LogP contribution in [0.25, 0.3) is 0 Å². The van der Waals surface area contributed by atoms with Gasteiger partial charge in [-0.05, 0) is 42.5 Å². The Morgan fingerprint density at radius 2 is 1.91 bits per heavy atom. The van der Waals surface area contributed by atoms with Crippen molar-refractivity contribution in [3.8, 4) is 17.6 Å². The molecule has 0 aromatic heterocycles. The Bertz CT molecular complexity index is 731. The molecule has 3 nitrogen and oxygen atoms in total. The number of carbonyl (C=O) groups is 1. The first kappa shape index (κ1) is 16.2. The Morgan fingerprint density at radius 3 is 2.55 bits per heavy atom. The van der Waals surface area contributed by atoms with Crippen LogP contribution in [0.1, 0.15) is 15.9 Å². The largest absolute Gasteiger partial charge is 0.497 e. The van der Waals surface area contributed by atoms with Gasteiger partial charge in [0.15, 0.2) is 0 Å². The van der Waals surface area contributed by atoms with Crippen molar-refractivity contribution in [3.63, 3.8) is 0 Å². The number of hydrogen-bond donors (Lipinski definition) is 1. The van der Waals surface area contributed by atoms with Crippen LogP contribution in [0.4, 0.5) is 0 Å². The second kappa shape index (κ2) is 7.74. The summed E-state index contributed by atoms with van der Waals surface area (Å²) >= 11 is 11.8.